The number of amides is 3. The van der Waals surface area contributed by atoms with Crippen LogP contribution in [0.4, 0.5) is 4.79 Å². The van der Waals surface area contributed by atoms with E-state index in [4.69, 9.17) is 14.2 Å². The fourth-order valence-corrected chi connectivity index (χ4v) is 6.25. The Morgan fingerprint density at radius 3 is 2.16 bits per heavy atom. The van der Waals surface area contributed by atoms with Crippen LogP contribution in [0.2, 0.25) is 0 Å². The summed E-state index contributed by atoms with van der Waals surface area (Å²) >= 11 is 0. The zero-order chi connectivity index (χ0) is 32.7. The van der Waals surface area contributed by atoms with E-state index < -0.39 is 59.6 Å². The van der Waals surface area contributed by atoms with Gasteiger partial charge in [0.15, 0.2) is 12.1 Å². The molecule has 2 unspecified atom stereocenters. The number of ether oxygens (including phenoxy) is 3. The first kappa shape index (κ1) is 34.2. The third-order valence-corrected chi connectivity index (χ3v) is 8.47. The van der Waals surface area contributed by atoms with E-state index in [1.165, 1.54) is 16.2 Å². The summed E-state index contributed by atoms with van der Waals surface area (Å²) in [7, 11) is 0. The Hall–Kier alpha value is -3.63. The van der Waals surface area contributed by atoms with Crippen molar-refractivity contribution in [1.82, 2.24) is 15.1 Å². The standard InChI is InChI=1S/C34H49N3O8/c1-22(2)19-25(35-33(42)45-34(3,4)5)29(38)36-18-12-17-26(36)30(39)37-27(31(40)43-20-23-13-8-6-9-14-23)28(37)32(41)44-21-24-15-10-7-11-16-24/h6,8-9,13-14,22,24-28H,7,10-12,15-21H2,1-5H3,(H,35,42)/t25-,26+,27?,28?,37?/m0/s1. The second kappa shape index (κ2) is 15.1. The van der Waals surface area contributed by atoms with Crippen molar-refractivity contribution in [2.24, 2.45) is 11.8 Å². The molecule has 1 aromatic carbocycles. The van der Waals surface area contributed by atoms with Gasteiger partial charge < -0.3 is 29.3 Å². The van der Waals surface area contributed by atoms with Gasteiger partial charge in [0.25, 0.3) is 0 Å². The molecule has 0 aromatic heterocycles. The zero-order valence-electron chi connectivity index (χ0n) is 27.3. The van der Waals surface area contributed by atoms with Gasteiger partial charge in [0.1, 0.15) is 24.3 Å². The molecule has 11 heteroatoms. The molecule has 1 saturated carbocycles. The summed E-state index contributed by atoms with van der Waals surface area (Å²) in [6, 6.07) is 5.15. The van der Waals surface area contributed by atoms with Crippen molar-refractivity contribution < 1.29 is 38.2 Å². The smallest absolute Gasteiger partial charge is 0.408 e. The molecule has 1 aromatic rings. The molecule has 0 spiro atoms. The highest BCUT2D eigenvalue weighted by atomic mass is 16.6. The fraction of sp³-hybridized carbons (Fsp3) is 0.676. The summed E-state index contributed by atoms with van der Waals surface area (Å²) in [6.45, 7) is 9.67. The molecular formula is C34H49N3O8. The van der Waals surface area contributed by atoms with Gasteiger partial charge in [-0.15, -0.1) is 0 Å². The minimum Gasteiger partial charge on any atom is -0.464 e. The van der Waals surface area contributed by atoms with Crippen LogP contribution in [0, 0.1) is 11.8 Å². The van der Waals surface area contributed by atoms with Gasteiger partial charge in [-0.2, -0.15) is 0 Å². The van der Waals surface area contributed by atoms with E-state index in [0.29, 0.717) is 25.8 Å². The molecule has 4 atom stereocenters. The number of carbonyl (C=O) groups excluding carboxylic acids is 5. The number of carbonyl (C=O) groups is 5. The lowest BCUT2D eigenvalue weighted by molar-refractivity contribution is -0.149. The molecule has 45 heavy (non-hydrogen) atoms. The molecule has 3 fully saturated rings. The predicted molar refractivity (Wildman–Crippen MR) is 166 cm³/mol. The molecule has 2 aliphatic heterocycles. The maximum absolute atomic E-state index is 14.0. The summed E-state index contributed by atoms with van der Waals surface area (Å²) in [5.41, 5.74) is 0.0353. The van der Waals surface area contributed by atoms with E-state index in [1.54, 1.807) is 20.8 Å². The molecular weight excluding hydrogens is 578 g/mol. The molecule has 0 radical (unpaired) electrons. The quantitative estimate of drug-likeness (QED) is 0.218. The second-order valence-electron chi connectivity index (χ2n) is 13.9. The number of esters is 2. The third-order valence-electron chi connectivity index (χ3n) is 8.47. The molecule has 2 saturated heterocycles. The van der Waals surface area contributed by atoms with Crippen LogP contribution in [0.1, 0.15) is 91.5 Å². The minimum atomic E-state index is -1.12. The van der Waals surface area contributed by atoms with Crippen LogP contribution in [0.5, 0.6) is 0 Å². The first-order valence-electron chi connectivity index (χ1n) is 16.3. The zero-order valence-corrected chi connectivity index (χ0v) is 27.3. The average Bonchev–Trinajstić information content (AvgIpc) is 3.55. The van der Waals surface area contributed by atoms with Crippen LogP contribution in [-0.2, 0) is 40.0 Å². The van der Waals surface area contributed by atoms with Crippen LogP contribution in [0.25, 0.3) is 0 Å². The van der Waals surface area contributed by atoms with E-state index in [-0.39, 0.29) is 25.0 Å². The molecule has 4 rings (SSSR count). The number of hydrogen-bond acceptors (Lipinski definition) is 8. The van der Waals surface area contributed by atoms with Crippen molar-refractivity contribution >= 4 is 29.8 Å². The molecule has 1 N–H and O–H groups in total. The number of alkyl carbamates (subject to hydrolysis) is 1. The Kier molecular flexibility index (Phi) is 11.5. The average molecular weight is 628 g/mol. The van der Waals surface area contributed by atoms with Crippen LogP contribution in [0.3, 0.4) is 0 Å². The number of hydrogen-bond donors (Lipinski definition) is 1. The Morgan fingerprint density at radius 1 is 0.889 bits per heavy atom. The SMILES string of the molecule is CC(C)C[C@H](NC(=O)OC(C)(C)C)C(=O)N1CCC[C@@H]1C(=O)N1C(C(=O)OCc2ccccc2)C1C(=O)OCC1CCCCC1. The van der Waals surface area contributed by atoms with Crippen molar-refractivity contribution in [3.05, 3.63) is 35.9 Å². The Morgan fingerprint density at radius 2 is 1.53 bits per heavy atom. The van der Waals surface area contributed by atoms with Gasteiger partial charge in [0, 0.05) is 6.54 Å². The Labute approximate surface area is 266 Å². The highest BCUT2D eigenvalue weighted by Gasteiger charge is 2.63. The highest BCUT2D eigenvalue weighted by Crippen LogP contribution is 2.36. The number of likely N-dealkylation sites (tertiary alicyclic amines) is 1. The van der Waals surface area contributed by atoms with Gasteiger partial charge in [0.2, 0.25) is 11.8 Å². The maximum Gasteiger partial charge on any atom is 0.408 e. The molecule has 248 valence electrons. The van der Waals surface area contributed by atoms with Crippen molar-refractivity contribution in [2.75, 3.05) is 13.2 Å². The highest BCUT2D eigenvalue weighted by molar-refractivity contribution is 6.03. The molecule has 1 aliphatic carbocycles. The Balaban J connectivity index is 1.47. The number of nitrogens with zero attached hydrogens (tertiary/aromatic N) is 2. The first-order chi connectivity index (χ1) is 21.4. The van der Waals surface area contributed by atoms with Gasteiger partial charge in [-0.3, -0.25) is 9.59 Å². The maximum atomic E-state index is 14.0. The second-order valence-corrected chi connectivity index (χ2v) is 13.9. The monoisotopic (exact) mass is 627 g/mol. The molecule has 3 aliphatic rings. The summed E-state index contributed by atoms with van der Waals surface area (Å²) in [4.78, 5) is 69.6. The lowest BCUT2D eigenvalue weighted by Gasteiger charge is -2.30. The number of nitrogens with one attached hydrogen (secondary N) is 1. The largest absolute Gasteiger partial charge is 0.464 e. The van der Waals surface area contributed by atoms with Crippen molar-refractivity contribution in [2.45, 2.75) is 122 Å². The summed E-state index contributed by atoms with van der Waals surface area (Å²) in [5.74, 6) is -1.87. The van der Waals surface area contributed by atoms with E-state index >= 15 is 0 Å². The summed E-state index contributed by atoms with van der Waals surface area (Å²) in [5, 5.41) is 2.69. The molecule has 2 heterocycles. The van der Waals surface area contributed by atoms with Crippen molar-refractivity contribution in [3.8, 4) is 0 Å². The van der Waals surface area contributed by atoms with Gasteiger partial charge >= 0.3 is 18.0 Å². The van der Waals surface area contributed by atoms with Crippen LogP contribution >= 0.6 is 0 Å². The lowest BCUT2D eigenvalue weighted by Crippen LogP contribution is -2.53. The van der Waals surface area contributed by atoms with Crippen LogP contribution < -0.4 is 5.32 Å². The first-order valence-corrected chi connectivity index (χ1v) is 16.3. The molecule has 3 amide bonds. The van der Waals surface area contributed by atoms with E-state index in [0.717, 1.165) is 31.2 Å². The van der Waals surface area contributed by atoms with Gasteiger partial charge in [0.05, 0.1) is 6.61 Å². The third kappa shape index (κ3) is 9.43. The van der Waals surface area contributed by atoms with Crippen LogP contribution in [-0.4, -0.2) is 82.6 Å². The summed E-state index contributed by atoms with van der Waals surface area (Å²) in [6.07, 6.45) is 5.91. The predicted octanol–water partition coefficient (Wildman–Crippen LogP) is 4.36. The van der Waals surface area contributed by atoms with E-state index in [1.807, 2.05) is 44.2 Å². The lowest BCUT2D eigenvalue weighted by atomic mass is 9.90. The molecule has 0 bridgehead atoms. The normalized spacial score (nSPS) is 22.5. The van der Waals surface area contributed by atoms with Gasteiger partial charge in [-0.1, -0.05) is 63.4 Å². The molecule has 11 nitrogen and oxygen atoms in total. The van der Waals surface area contributed by atoms with Crippen LogP contribution in [0.15, 0.2) is 30.3 Å². The van der Waals surface area contributed by atoms with Gasteiger partial charge in [-0.25, -0.2) is 14.4 Å². The van der Waals surface area contributed by atoms with Crippen molar-refractivity contribution in [3.63, 3.8) is 0 Å². The Bertz CT molecular complexity index is 1210. The van der Waals surface area contributed by atoms with E-state index in [2.05, 4.69) is 5.32 Å². The number of benzene rings is 1. The topological polar surface area (TPSA) is 131 Å². The van der Waals surface area contributed by atoms with Crippen molar-refractivity contribution in [1.29, 1.82) is 0 Å². The van der Waals surface area contributed by atoms with E-state index in [9.17, 15) is 24.0 Å². The fourth-order valence-electron chi connectivity index (χ4n) is 6.25. The summed E-state index contributed by atoms with van der Waals surface area (Å²) < 4.78 is 16.6. The number of rotatable bonds is 11. The minimum absolute atomic E-state index is 0.00328. The van der Waals surface area contributed by atoms with Gasteiger partial charge in [-0.05, 0) is 70.3 Å².